The van der Waals surface area contributed by atoms with Crippen LogP contribution in [0.25, 0.3) is 0 Å². The molecular weight excluding hydrogens is 208 g/mol. The number of aromatic nitrogens is 2. The van der Waals surface area contributed by atoms with E-state index in [9.17, 15) is 4.79 Å². The van der Waals surface area contributed by atoms with Gasteiger partial charge in [-0.05, 0) is 19.3 Å². The molecule has 0 amide bonds. The van der Waals surface area contributed by atoms with E-state index in [0.29, 0.717) is 12.4 Å². The Hall–Kier alpha value is -1.20. The number of hydrogen-bond acceptors (Lipinski definition) is 4. The van der Waals surface area contributed by atoms with Gasteiger partial charge in [0.05, 0.1) is 12.3 Å². The second-order valence-electron chi connectivity index (χ2n) is 3.90. The van der Waals surface area contributed by atoms with Gasteiger partial charge in [0.25, 0.3) is 0 Å². The summed E-state index contributed by atoms with van der Waals surface area (Å²) in [5.74, 6) is 0.309. The van der Waals surface area contributed by atoms with Crippen molar-refractivity contribution in [2.45, 2.75) is 39.1 Å². The van der Waals surface area contributed by atoms with Crippen molar-refractivity contribution in [3.05, 3.63) is 17.7 Å². The summed E-state index contributed by atoms with van der Waals surface area (Å²) in [5.41, 5.74) is 0.736. The molecular formula is C11H16N2O3. The van der Waals surface area contributed by atoms with E-state index >= 15 is 0 Å². The number of carbonyl (C=O) groups is 1. The molecule has 1 unspecified atom stereocenters. The Morgan fingerprint density at radius 2 is 2.56 bits per heavy atom. The van der Waals surface area contributed by atoms with Crippen LogP contribution in [0.15, 0.2) is 6.20 Å². The molecule has 88 valence electrons. The molecule has 1 aromatic heterocycles. The molecule has 0 radical (unpaired) electrons. The van der Waals surface area contributed by atoms with Gasteiger partial charge in [-0.2, -0.15) is 0 Å². The third-order valence-corrected chi connectivity index (χ3v) is 2.52. The second-order valence-corrected chi connectivity index (χ2v) is 3.90. The second kappa shape index (κ2) is 5.23. The summed E-state index contributed by atoms with van der Waals surface area (Å²) < 4.78 is 11.0. The summed E-state index contributed by atoms with van der Waals surface area (Å²) in [4.78, 5) is 17.9. The number of nitrogens with zero attached hydrogens (tertiary/aromatic N) is 1. The lowest BCUT2D eigenvalue weighted by Crippen LogP contribution is -2.22. The van der Waals surface area contributed by atoms with E-state index in [2.05, 4.69) is 9.97 Å². The molecule has 2 rings (SSSR count). The first kappa shape index (κ1) is 11.3. The third-order valence-electron chi connectivity index (χ3n) is 2.52. The first-order valence-electron chi connectivity index (χ1n) is 5.54. The molecule has 1 saturated heterocycles. The zero-order valence-corrected chi connectivity index (χ0v) is 9.36. The molecule has 0 aliphatic carbocycles. The fourth-order valence-corrected chi connectivity index (χ4v) is 1.64. The van der Waals surface area contributed by atoms with Crippen LogP contribution in [0.2, 0.25) is 0 Å². The number of Topliss-reactive ketones (excluding diaryl/α,β-unsaturated/α-hetero) is 1. The first-order chi connectivity index (χ1) is 7.75. The smallest absolute Gasteiger partial charge is 0.194 e. The molecule has 1 aliphatic rings. The summed E-state index contributed by atoms with van der Waals surface area (Å²) in [6, 6.07) is 0. The predicted octanol–water partition coefficient (Wildman–Crippen LogP) is 1.66. The zero-order chi connectivity index (χ0) is 11.4. The summed E-state index contributed by atoms with van der Waals surface area (Å²) in [6.07, 6.45) is 4.76. The van der Waals surface area contributed by atoms with Crippen LogP contribution in [0, 0.1) is 0 Å². The number of rotatable bonds is 4. The fourth-order valence-electron chi connectivity index (χ4n) is 1.64. The average Bonchev–Trinajstić information content (AvgIpc) is 2.76. The lowest BCUT2D eigenvalue weighted by atomic mass is 10.2. The number of H-pyrrole nitrogens is 1. The van der Waals surface area contributed by atoms with Gasteiger partial charge >= 0.3 is 0 Å². The van der Waals surface area contributed by atoms with Crippen LogP contribution in [0.3, 0.4) is 0 Å². The standard InChI is InChI=1S/C11H16N2O3/c1-8(14)11-12-6-9(13-11)7-16-10-4-2-3-5-15-10/h6,10H,2-5,7H2,1H3,(H,12,13). The number of hydrogen-bond donors (Lipinski definition) is 1. The topological polar surface area (TPSA) is 64.2 Å². The van der Waals surface area contributed by atoms with E-state index in [1.165, 1.54) is 6.92 Å². The lowest BCUT2D eigenvalue weighted by Gasteiger charge is -2.22. The molecule has 1 atom stereocenters. The highest BCUT2D eigenvalue weighted by Crippen LogP contribution is 2.15. The SMILES string of the molecule is CC(=O)c1nc(COC2CCCCO2)c[nH]1. The Kier molecular flexibility index (Phi) is 3.69. The van der Waals surface area contributed by atoms with Crippen molar-refractivity contribution in [3.8, 4) is 0 Å². The molecule has 5 nitrogen and oxygen atoms in total. The van der Waals surface area contributed by atoms with Crippen LogP contribution in [-0.2, 0) is 16.1 Å². The van der Waals surface area contributed by atoms with E-state index in [4.69, 9.17) is 9.47 Å². The summed E-state index contributed by atoms with van der Waals surface area (Å²) in [5, 5.41) is 0. The normalized spacial score (nSPS) is 20.9. The highest BCUT2D eigenvalue weighted by Gasteiger charge is 2.14. The minimum atomic E-state index is -0.119. The van der Waals surface area contributed by atoms with Crippen LogP contribution in [0.1, 0.15) is 42.5 Å². The van der Waals surface area contributed by atoms with E-state index in [-0.39, 0.29) is 12.1 Å². The summed E-state index contributed by atoms with van der Waals surface area (Å²) in [7, 11) is 0. The third kappa shape index (κ3) is 2.90. The molecule has 2 heterocycles. The maximum Gasteiger partial charge on any atom is 0.194 e. The Balaban J connectivity index is 1.81. The predicted molar refractivity (Wildman–Crippen MR) is 57.0 cm³/mol. The van der Waals surface area contributed by atoms with Gasteiger partial charge in [0.2, 0.25) is 0 Å². The summed E-state index contributed by atoms with van der Waals surface area (Å²) >= 11 is 0. The number of ketones is 1. The molecule has 16 heavy (non-hydrogen) atoms. The molecule has 1 N–H and O–H groups in total. The molecule has 5 heteroatoms. The van der Waals surface area contributed by atoms with Gasteiger partial charge < -0.3 is 14.5 Å². The lowest BCUT2D eigenvalue weighted by molar-refractivity contribution is -0.169. The highest BCUT2D eigenvalue weighted by atomic mass is 16.7. The maximum absolute atomic E-state index is 11.0. The molecule has 0 bridgehead atoms. The van der Waals surface area contributed by atoms with Crippen LogP contribution >= 0.6 is 0 Å². The molecule has 1 aromatic rings. The van der Waals surface area contributed by atoms with E-state index in [0.717, 1.165) is 31.6 Å². The zero-order valence-electron chi connectivity index (χ0n) is 9.36. The Bertz CT molecular complexity index is 356. The Morgan fingerprint density at radius 1 is 1.69 bits per heavy atom. The van der Waals surface area contributed by atoms with Gasteiger partial charge in [-0.1, -0.05) is 0 Å². The molecule has 1 fully saturated rings. The summed E-state index contributed by atoms with van der Waals surface area (Å²) in [6.45, 7) is 2.63. The number of aromatic amines is 1. The Morgan fingerprint density at radius 3 is 3.19 bits per heavy atom. The minimum Gasteiger partial charge on any atom is -0.353 e. The first-order valence-corrected chi connectivity index (χ1v) is 5.54. The van der Waals surface area contributed by atoms with Gasteiger partial charge in [0.1, 0.15) is 0 Å². The van der Waals surface area contributed by atoms with Crippen LogP contribution in [0.5, 0.6) is 0 Å². The largest absolute Gasteiger partial charge is 0.353 e. The van der Waals surface area contributed by atoms with Crippen LogP contribution < -0.4 is 0 Å². The van der Waals surface area contributed by atoms with Crippen molar-refractivity contribution in [3.63, 3.8) is 0 Å². The number of ether oxygens (including phenoxy) is 2. The highest BCUT2D eigenvalue weighted by molar-refractivity contribution is 5.90. The van der Waals surface area contributed by atoms with E-state index < -0.39 is 0 Å². The van der Waals surface area contributed by atoms with Gasteiger partial charge in [-0.3, -0.25) is 4.79 Å². The monoisotopic (exact) mass is 224 g/mol. The quantitative estimate of drug-likeness (QED) is 0.790. The van der Waals surface area contributed by atoms with Crippen LogP contribution in [0.4, 0.5) is 0 Å². The van der Waals surface area contributed by atoms with Crippen LogP contribution in [-0.4, -0.2) is 28.6 Å². The molecule has 0 saturated carbocycles. The van der Waals surface area contributed by atoms with Crippen molar-refractivity contribution < 1.29 is 14.3 Å². The van der Waals surface area contributed by atoms with E-state index in [1.807, 2.05) is 0 Å². The van der Waals surface area contributed by atoms with Crippen molar-refractivity contribution >= 4 is 5.78 Å². The number of nitrogens with one attached hydrogen (secondary N) is 1. The minimum absolute atomic E-state index is 0.0693. The van der Waals surface area contributed by atoms with Crippen molar-refractivity contribution in [1.29, 1.82) is 0 Å². The van der Waals surface area contributed by atoms with Crippen molar-refractivity contribution in [1.82, 2.24) is 9.97 Å². The molecule has 0 spiro atoms. The van der Waals surface area contributed by atoms with Gasteiger partial charge in [0.15, 0.2) is 17.9 Å². The van der Waals surface area contributed by atoms with Crippen molar-refractivity contribution in [2.24, 2.45) is 0 Å². The molecule has 0 aromatic carbocycles. The maximum atomic E-state index is 11.0. The van der Waals surface area contributed by atoms with Crippen molar-refractivity contribution in [2.75, 3.05) is 6.61 Å². The molecule has 1 aliphatic heterocycles. The number of carbonyl (C=O) groups excluding carboxylic acids is 1. The number of imidazole rings is 1. The fraction of sp³-hybridized carbons (Fsp3) is 0.636. The average molecular weight is 224 g/mol. The van der Waals surface area contributed by atoms with Gasteiger partial charge in [-0.25, -0.2) is 4.98 Å². The van der Waals surface area contributed by atoms with Gasteiger partial charge in [0, 0.05) is 19.7 Å². The van der Waals surface area contributed by atoms with E-state index in [1.54, 1.807) is 6.20 Å². The van der Waals surface area contributed by atoms with Gasteiger partial charge in [-0.15, -0.1) is 0 Å². The Labute approximate surface area is 94.2 Å².